The summed E-state index contributed by atoms with van der Waals surface area (Å²) in [5.74, 6) is 0.772. The van der Waals surface area contributed by atoms with E-state index in [1.54, 1.807) is 12.1 Å². The molecule has 0 saturated carbocycles. The summed E-state index contributed by atoms with van der Waals surface area (Å²) < 4.78 is 18.9. The van der Waals surface area contributed by atoms with Crippen molar-refractivity contribution >= 4 is 11.6 Å². The van der Waals surface area contributed by atoms with Crippen molar-refractivity contribution in [2.75, 3.05) is 0 Å². The molecule has 0 aliphatic rings. The predicted octanol–water partition coefficient (Wildman–Crippen LogP) is 3.50. The highest BCUT2D eigenvalue weighted by Crippen LogP contribution is 2.21. The number of aromatic nitrogens is 2. The first kappa shape index (κ1) is 14.9. The van der Waals surface area contributed by atoms with Crippen molar-refractivity contribution in [3.05, 3.63) is 46.3 Å². The molecular weight excluding hydrogens is 281 g/mol. The van der Waals surface area contributed by atoms with Crippen molar-refractivity contribution in [1.82, 2.24) is 10.1 Å². The molecule has 0 aliphatic heterocycles. The monoisotopic (exact) mass is 297 g/mol. The molecule has 0 amide bonds. The number of nitrogens with zero attached hydrogens (tertiary/aromatic N) is 2. The van der Waals surface area contributed by atoms with Gasteiger partial charge in [-0.2, -0.15) is 4.98 Å². The molecule has 0 saturated heterocycles. The van der Waals surface area contributed by atoms with Gasteiger partial charge in [-0.3, -0.25) is 0 Å². The second-order valence-corrected chi connectivity index (χ2v) is 5.58. The van der Waals surface area contributed by atoms with Crippen LogP contribution in [0.15, 0.2) is 22.7 Å². The highest BCUT2D eigenvalue weighted by atomic mass is 35.5. The number of rotatable bonds is 5. The number of halogens is 2. The molecule has 4 nitrogen and oxygen atoms in total. The van der Waals surface area contributed by atoms with Crippen LogP contribution < -0.4 is 5.73 Å². The lowest BCUT2D eigenvalue weighted by molar-refractivity contribution is 0.332. The number of benzene rings is 1. The topological polar surface area (TPSA) is 64.9 Å². The van der Waals surface area contributed by atoms with Crippen molar-refractivity contribution in [1.29, 1.82) is 0 Å². The molecule has 1 aromatic carbocycles. The van der Waals surface area contributed by atoms with Crippen LogP contribution in [-0.2, 0) is 6.42 Å². The van der Waals surface area contributed by atoms with Crippen LogP contribution in [0.4, 0.5) is 4.39 Å². The van der Waals surface area contributed by atoms with Gasteiger partial charge >= 0.3 is 0 Å². The van der Waals surface area contributed by atoms with E-state index in [9.17, 15) is 4.39 Å². The van der Waals surface area contributed by atoms with Crippen LogP contribution in [0.5, 0.6) is 0 Å². The zero-order valence-electron chi connectivity index (χ0n) is 11.4. The summed E-state index contributed by atoms with van der Waals surface area (Å²) in [5.41, 5.74) is 6.40. The van der Waals surface area contributed by atoms with Gasteiger partial charge in [0.15, 0.2) is 5.82 Å². The molecule has 6 heteroatoms. The van der Waals surface area contributed by atoms with Crippen molar-refractivity contribution in [3.8, 4) is 0 Å². The van der Waals surface area contributed by atoms with Crippen molar-refractivity contribution in [3.63, 3.8) is 0 Å². The third-order valence-electron chi connectivity index (χ3n) is 2.91. The summed E-state index contributed by atoms with van der Waals surface area (Å²) in [6, 6.07) is 4.54. The molecule has 0 fully saturated rings. The minimum Gasteiger partial charge on any atom is -0.338 e. The van der Waals surface area contributed by atoms with Crippen molar-refractivity contribution in [2.45, 2.75) is 32.7 Å². The third kappa shape index (κ3) is 3.55. The SMILES string of the molecule is CC(C)C[C@H](N)c1nc(Cc2cccc(Cl)c2F)no1. The first-order valence-corrected chi connectivity index (χ1v) is 6.86. The smallest absolute Gasteiger partial charge is 0.243 e. The molecule has 1 heterocycles. The maximum Gasteiger partial charge on any atom is 0.243 e. The first-order valence-electron chi connectivity index (χ1n) is 6.48. The van der Waals surface area contributed by atoms with Gasteiger partial charge in [-0.1, -0.05) is 42.7 Å². The van der Waals surface area contributed by atoms with Gasteiger partial charge in [-0.15, -0.1) is 0 Å². The molecule has 0 bridgehead atoms. The summed E-state index contributed by atoms with van der Waals surface area (Å²) in [5, 5.41) is 3.92. The van der Waals surface area contributed by atoms with Gasteiger partial charge in [-0.25, -0.2) is 4.39 Å². The second-order valence-electron chi connectivity index (χ2n) is 5.17. The average Bonchev–Trinajstić information content (AvgIpc) is 2.83. The van der Waals surface area contributed by atoms with Crippen LogP contribution >= 0.6 is 11.6 Å². The van der Waals surface area contributed by atoms with Gasteiger partial charge in [0.1, 0.15) is 5.82 Å². The van der Waals surface area contributed by atoms with Gasteiger partial charge in [0, 0.05) is 6.42 Å². The zero-order chi connectivity index (χ0) is 14.7. The molecule has 1 aromatic heterocycles. The average molecular weight is 298 g/mol. The van der Waals surface area contributed by atoms with Crippen LogP contribution in [0.2, 0.25) is 5.02 Å². The fourth-order valence-electron chi connectivity index (χ4n) is 1.95. The van der Waals surface area contributed by atoms with E-state index in [1.807, 2.05) is 0 Å². The molecule has 0 radical (unpaired) electrons. The van der Waals surface area contributed by atoms with E-state index >= 15 is 0 Å². The molecular formula is C14H17ClFN3O. The zero-order valence-corrected chi connectivity index (χ0v) is 12.2. The molecule has 0 spiro atoms. The Morgan fingerprint density at radius 2 is 2.15 bits per heavy atom. The van der Waals surface area contributed by atoms with Crippen molar-refractivity contribution in [2.24, 2.45) is 11.7 Å². The number of hydrogen-bond acceptors (Lipinski definition) is 4. The van der Waals surface area contributed by atoms with Crippen LogP contribution in [0.1, 0.15) is 43.6 Å². The minimum atomic E-state index is -0.452. The van der Waals surface area contributed by atoms with Gasteiger partial charge in [0.25, 0.3) is 0 Å². The highest BCUT2D eigenvalue weighted by Gasteiger charge is 2.17. The minimum absolute atomic E-state index is 0.0859. The van der Waals surface area contributed by atoms with Gasteiger partial charge in [-0.05, 0) is 24.0 Å². The standard InChI is InChI=1S/C14H17ClFN3O/c1-8(2)6-11(17)14-18-12(19-20-14)7-9-4-3-5-10(15)13(9)16/h3-5,8,11H,6-7,17H2,1-2H3/t11-/m0/s1. The molecule has 2 aromatic rings. The number of nitrogens with two attached hydrogens (primary N) is 1. The summed E-state index contributed by atoms with van der Waals surface area (Å²) in [7, 11) is 0. The molecule has 108 valence electrons. The van der Waals surface area contributed by atoms with E-state index in [-0.39, 0.29) is 17.5 Å². The molecule has 0 aliphatic carbocycles. The van der Waals surface area contributed by atoms with E-state index in [4.69, 9.17) is 21.9 Å². The Bertz CT molecular complexity index is 586. The first-order chi connectivity index (χ1) is 9.47. The van der Waals surface area contributed by atoms with E-state index in [0.29, 0.717) is 23.2 Å². The lowest BCUT2D eigenvalue weighted by Gasteiger charge is -2.08. The fourth-order valence-corrected chi connectivity index (χ4v) is 2.15. The van der Waals surface area contributed by atoms with E-state index < -0.39 is 5.82 Å². The van der Waals surface area contributed by atoms with Crippen LogP contribution in [0, 0.1) is 11.7 Å². The molecule has 0 unspecified atom stereocenters. The van der Waals surface area contributed by atoms with Gasteiger partial charge in [0.2, 0.25) is 5.89 Å². The van der Waals surface area contributed by atoms with E-state index in [2.05, 4.69) is 24.0 Å². The summed E-state index contributed by atoms with van der Waals surface area (Å²) >= 11 is 5.73. The van der Waals surface area contributed by atoms with Gasteiger partial charge in [0.05, 0.1) is 11.1 Å². The Kier molecular flexibility index (Phi) is 4.73. The number of hydrogen-bond donors (Lipinski definition) is 1. The predicted molar refractivity (Wildman–Crippen MR) is 74.9 cm³/mol. The Morgan fingerprint density at radius 3 is 2.85 bits per heavy atom. The third-order valence-corrected chi connectivity index (χ3v) is 3.20. The lowest BCUT2D eigenvalue weighted by atomic mass is 10.0. The molecule has 20 heavy (non-hydrogen) atoms. The van der Waals surface area contributed by atoms with Crippen LogP contribution in [0.3, 0.4) is 0 Å². The van der Waals surface area contributed by atoms with Crippen molar-refractivity contribution < 1.29 is 8.91 Å². The largest absolute Gasteiger partial charge is 0.338 e. The normalized spacial score (nSPS) is 12.9. The van der Waals surface area contributed by atoms with E-state index in [0.717, 1.165) is 6.42 Å². The summed E-state index contributed by atoms with van der Waals surface area (Å²) in [4.78, 5) is 4.22. The maximum atomic E-state index is 13.8. The van der Waals surface area contributed by atoms with Crippen LogP contribution in [0.25, 0.3) is 0 Å². The Morgan fingerprint density at radius 1 is 1.40 bits per heavy atom. The lowest BCUT2D eigenvalue weighted by Crippen LogP contribution is -2.13. The Labute approximate surface area is 122 Å². The van der Waals surface area contributed by atoms with E-state index in [1.165, 1.54) is 6.07 Å². The van der Waals surface area contributed by atoms with Crippen LogP contribution in [-0.4, -0.2) is 10.1 Å². The Hall–Kier alpha value is -1.46. The Balaban J connectivity index is 2.11. The highest BCUT2D eigenvalue weighted by molar-refractivity contribution is 6.30. The fraction of sp³-hybridized carbons (Fsp3) is 0.429. The molecule has 2 rings (SSSR count). The molecule has 2 N–H and O–H groups in total. The second kappa shape index (κ2) is 6.33. The summed E-state index contributed by atoms with van der Waals surface area (Å²) in [6.45, 7) is 4.14. The van der Waals surface area contributed by atoms with Gasteiger partial charge < -0.3 is 10.3 Å². The quantitative estimate of drug-likeness (QED) is 0.917. The molecule has 1 atom stereocenters. The maximum absolute atomic E-state index is 13.8. The summed E-state index contributed by atoms with van der Waals surface area (Å²) in [6.07, 6.45) is 0.984.